The number of hydrogen-bond donors (Lipinski definition) is 2. The van der Waals surface area contributed by atoms with Crippen molar-refractivity contribution >= 4 is 23.5 Å². The third-order valence-corrected chi connectivity index (χ3v) is 3.58. The number of nitrogens with two attached hydrogens (primary N) is 2. The molecule has 0 bridgehead atoms. The van der Waals surface area contributed by atoms with Crippen molar-refractivity contribution in [2.75, 3.05) is 23.0 Å². The van der Waals surface area contributed by atoms with Gasteiger partial charge in [-0.05, 0) is 30.3 Å². The first kappa shape index (κ1) is 9.58. The van der Waals surface area contributed by atoms with Gasteiger partial charge in [0, 0.05) is 11.8 Å². The van der Waals surface area contributed by atoms with E-state index in [9.17, 15) is 0 Å². The highest BCUT2D eigenvalue weighted by Crippen LogP contribution is 2.33. The largest absolute Gasteiger partial charge is 0.383 e. The number of rotatable bonds is 1. The Balaban J connectivity index is 2.22. The lowest BCUT2D eigenvalue weighted by Crippen LogP contribution is -2.12. The molecule has 0 amide bonds. The van der Waals surface area contributed by atoms with Gasteiger partial charge >= 0.3 is 0 Å². The summed E-state index contributed by atoms with van der Waals surface area (Å²) in [5, 5.41) is 0. The van der Waals surface area contributed by atoms with Gasteiger partial charge in [0.1, 0.15) is 5.82 Å². The Morgan fingerprint density at radius 3 is 2.64 bits per heavy atom. The molecule has 5 heteroatoms. The van der Waals surface area contributed by atoms with Gasteiger partial charge in [-0.3, -0.25) is 0 Å². The fourth-order valence-electron chi connectivity index (χ4n) is 1.74. The molecular formula is C9H14N4S. The molecule has 1 saturated heterocycles. The lowest BCUT2D eigenvalue weighted by molar-refractivity contribution is 0.634. The first-order valence-corrected chi connectivity index (χ1v) is 5.88. The highest BCUT2D eigenvalue weighted by atomic mass is 32.2. The molecule has 1 aromatic rings. The van der Waals surface area contributed by atoms with Gasteiger partial charge in [-0.2, -0.15) is 16.7 Å². The maximum Gasteiger partial charge on any atom is 0.221 e. The van der Waals surface area contributed by atoms with E-state index in [2.05, 4.69) is 9.97 Å². The first-order chi connectivity index (χ1) is 6.77. The Kier molecular flexibility index (Phi) is 2.77. The zero-order valence-corrected chi connectivity index (χ0v) is 8.76. The lowest BCUT2D eigenvalue weighted by Gasteiger charge is -2.22. The highest BCUT2D eigenvalue weighted by Gasteiger charge is 2.18. The Labute approximate surface area is 87.5 Å². The van der Waals surface area contributed by atoms with Gasteiger partial charge in [0.15, 0.2) is 0 Å². The Bertz CT molecular complexity index is 323. The Hall–Kier alpha value is -0.970. The number of nitrogen functional groups attached to an aromatic ring is 2. The van der Waals surface area contributed by atoms with Crippen molar-refractivity contribution in [1.29, 1.82) is 0 Å². The molecule has 1 aliphatic heterocycles. The first-order valence-electron chi connectivity index (χ1n) is 4.73. The monoisotopic (exact) mass is 210 g/mol. The van der Waals surface area contributed by atoms with Gasteiger partial charge in [-0.1, -0.05) is 0 Å². The molecule has 0 unspecified atom stereocenters. The minimum absolute atomic E-state index is 0.261. The fourth-order valence-corrected chi connectivity index (χ4v) is 2.85. The highest BCUT2D eigenvalue weighted by molar-refractivity contribution is 7.99. The zero-order chi connectivity index (χ0) is 9.97. The summed E-state index contributed by atoms with van der Waals surface area (Å²) in [6.45, 7) is 0. The topological polar surface area (TPSA) is 77.8 Å². The summed E-state index contributed by atoms with van der Waals surface area (Å²) in [5.74, 6) is 3.74. The summed E-state index contributed by atoms with van der Waals surface area (Å²) < 4.78 is 0. The SMILES string of the molecule is Nc1ncc(C2CCSCC2)c(N)n1. The van der Waals surface area contributed by atoms with Gasteiger partial charge in [0.05, 0.1) is 0 Å². The molecule has 0 saturated carbocycles. The van der Waals surface area contributed by atoms with Crippen LogP contribution in [0.1, 0.15) is 24.3 Å². The summed E-state index contributed by atoms with van der Waals surface area (Å²) in [5.41, 5.74) is 12.3. The van der Waals surface area contributed by atoms with Crippen molar-refractivity contribution in [3.05, 3.63) is 11.8 Å². The van der Waals surface area contributed by atoms with Crippen LogP contribution in [0.2, 0.25) is 0 Å². The summed E-state index contributed by atoms with van der Waals surface area (Å²) in [6, 6.07) is 0. The van der Waals surface area contributed by atoms with E-state index in [-0.39, 0.29) is 5.95 Å². The molecule has 1 aliphatic rings. The van der Waals surface area contributed by atoms with Crippen LogP contribution in [-0.4, -0.2) is 21.5 Å². The van der Waals surface area contributed by atoms with Gasteiger partial charge in [-0.25, -0.2) is 4.98 Å². The molecule has 4 nitrogen and oxygen atoms in total. The smallest absolute Gasteiger partial charge is 0.221 e. The number of thioether (sulfide) groups is 1. The molecule has 2 rings (SSSR count). The second kappa shape index (κ2) is 4.04. The van der Waals surface area contributed by atoms with Crippen LogP contribution in [0.15, 0.2) is 6.20 Å². The summed E-state index contributed by atoms with van der Waals surface area (Å²) in [4.78, 5) is 7.98. The van der Waals surface area contributed by atoms with Crippen molar-refractivity contribution in [3.8, 4) is 0 Å². The van der Waals surface area contributed by atoms with Crippen LogP contribution in [-0.2, 0) is 0 Å². The average Bonchev–Trinajstić information content (AvgIpc) is 2.19. The Morgan fingerprint density at radius 2 is 2.00 bits per heavy atom. The molecule has 0 atom stereocenters. The van der Waals surface area contributed by atoms with Crippen LogP contribution in [0.4, 0.5) is 11.8 Å². The van der Waals surface area contributed by atoms with E-state index in [0.29, 0.717) is 11.7 Å². The van der Waals surface area contributed by atoms with E-state index < -0.39 is 0 Å². The summed E-state index contributed by atoms with van der Waals surface area (Å²) in [7, 11) is 0. The molecule has 0 spiro atoms. The van der Waals surface area contributed by atoms with Crippen LogP contribution in [0.5, 0.6) is 0 Å². The number of anilines is 2. The van der Waals surface area contributed by atoms with Crippen LogP contribution in [0.25, 0.3) is 0 Å². The molecular weight excluding hydrogens is 196 g/mol. The molecule has 76 valence electrons. The normalized spacial score (nSPS) is 18.3. The number of nitrogens with zero attached hydrogens (tertiary/aromatic N) is 2. The van der Waals surface area contributed by atoms with E-state index >= 15 is 0 Å². The van der Waals surface area contributed by atoms with Crippen molar-refractivity contribution < 1.29 is 0 Å². The van der Waals surface area contributed by atoms with Crippen LogP contribution in [0.3, 0.4) is 0 Å². The predicted molar refractivity (Wildman–Crippen MR) is 60.2 cm³/mol. The molecule has 0 aromatic carbocycles. The molecule has 4 N–H and O–H groups in total. The van der Waals surface area contributed by atoms with Crippen LogP contribution >= 0.6 is 11.8 Å². The third-order valence-electron chi connectivity index (χ3n) is 2.53. The molecule has 0 aliphatic carbocycles. The van der Waals surface area contributed by atoms with E-state index in [1.807, 2.05) is 11.8 Å². The lowest BCUT2D eigenvalue weighted by atomic mass is 9.95. The molecule has 1 fully saturated rings. The minimum atomic E-state index is 0.261. The van der Waals surface area contributed by atoms with E-state index in [0.717, 1.165) is 5.56 Å². The van der Waals surface area contributed by atoms with Crippen LogP contribution < -0.4 is 11.5 Å². The van der Waals surface area contributed by atoms with Gasteiger partial charge in [0.2, 0.25) is 5.95 Å². The third kappa shape index (κ3) is 1.92. The van der Waals surface area contributed by atoms with Crippen molar-refractivity contribution in [2.24, 2.45) is 0 Å². The van der Waals surface area contributed by atoms with E-state index in [4.69, 9.17) is 11.5 Å². The standard InChI is InChI=1S/C9H14N4S/c10-8-7(5-12-9(11)13-8)6-1-3-14-4-2-6/h5-6H,1-4H2,(H4,10,11,12,13). The molecule has 2 heterocycles. The maximum absolute atomic E-state index is 5.81. The maximum atomic E-state index is 5.81. The molecule has 0 radical (unpaired) electrons. The molecule has 1 aromatic heterocycles. The van der Waals surface area contributed by atoms with E-state index in [1.54, 1.807) is 6.20 Å². The number of hydrogen-bond acceptors (Lipinski definition) is 5. The average molecular weight is 210 g/mol. The zero-order valence-electron chi connectivity index (χ0n) is 7.94. The summed E-state index contributed by atoms with van der Waals surface area (Å²) in [6.07, 6.45) is 4.11. The van der Waals surface area contributed by atoms with Crippen molar-refractivity contribution in [2.45, 2.75) is 18.8 Å². The second-order valence-corrected chi connectivity index (χ2v) is 4.68. The van der Waals surface area contributed by atoms with E-state index in [1.165, 1.54) is 24.3 Å². The van der Waals surface area contributed by atoms with Gasteiger partial charge in [0.25, 0.3) is 0 Å². The van der Waals surface area contributed by atoms with Crippen molar-refractivity contribution in [1.82, 2.24) is 9.97 Å². The predicted octanol–water partition coefficient (Wildman–Crippen LogP) is 1.25. The fraction of sp³-hybridized carbons (Fsp3) is 0.556. The minimum Gasteiger partial charge on any atom is -0.383 e. The van der Waals surface area contributed by atoms with Gasteiger partial charge < -0.3 is 11.5 Å². The van der Waals surface area contributed by atoms with Crippen LogP contribution in [0, 0.1) is 0 Å². The number of aromatic nitrogens is 2. The second-order valence-electron chi connectivity index (χ2n) is 3.46. The molecule has 14 heavy (non-hydrogen) atoms. The quantitative estimate of drug-likeness (QED) is 0.729. The Morgan fingerprint density at radius 1 is 1.29 bits per heavy atom. The summed E-state index contributed by atoms with van der Waals surface area (Å²) >= 11 is 2.00. The van der Waals surface area contributed by atoms with Gasteiger partial charge in [-0.15, -0.1) is 0 Å². The van der Waals surface area contributed by atoms with Crippen molar-refractivity contribution in [3.63, 3.8) is 0 Å².